The first kappa shape index (κ1) is 22.5. The number of non-ortho nitro benzene ring substituents is 1. The molecule has 32 heavy (non-hydrogen) atoms. The van der Waals surface area contributed by atoms with Crippen LogP contribution in [0.15, 0.2) is 36.4 Å². The number of carboxylic acids is 1. The third-order valence-electron chi connectivity index (χ3n) is 5.05. The summed E-state index contributed by atoms with van der Waals surface area (Å²) in [5.74, 6) is -1.91. The van der Waals surface area contributed by atoms with Gasteiger partial charge in [0.05, 0.1) is 23.0 Å². The Balaban J connectivity index is 1.89. The maximum Gasteiger partial charge on any atom is 0.326 e. The Morgan fingerprint density at radius 1 is 1.12 bits per heavy atom. The summed E-state index contributed by atoms with van der Waals surface area (Å²) in [4.78, 5) is 46.5. The average Bonchev–Trinajstić information content (AvgIpc) is 3.27. The number of ether oxygens (including phenoxy) is 2. The Labute approximate surface area is 181 Å². The van der Waals surface area contributed by atoms with Gasteiger partial charge in [-0.1, -0.05) is 0 Å². The highest BCUT2D eigenvalue weighted by Gasteiger charge is 2.37. The van der Waals surface area contributed by atoms with Gasteiger partial charge in [0.25, 0.3) is 17.3 Å². The molecule has 1 heterocycles. The smallest absolute Gasteiger partial charge is 0.326 e. The van der Waals surface area contributed by atoms with Crippen LogP contribution in [0.5, 0.6) is 11.5 Å². The zero-order valence-corrected chi connectivity index (χ0v) is 16.9. The van der Waals surface area contributed by atoms with Crippen molar-refractivity contribution in [2.24, 2.45) is 0 Å². The average molecular weight is 445 g/mol. The van der Waals surface area contributed by atoms with Crippen molar-refractivity contribution in [1.29, 1.82) is 0 Å². The van der Waals surface area contributed by atoms with Gasteiger partial charge in [0.2, 0.25) is 0 Å². The van der Waals surface area contributed by atoms with Crippen molar-refractivity contribution in [2.75, 3.05) is 13.7 Å². The van der Waals surface area contributed by atoms with Crippen molar-refractivity contribution < 1.29 is 34.0 Å². The summed E-state index contributed by atoms with van der Waals surface area (Å²) >= 11 is 0. The van der Waals surface area contributed by atoms with Crippen LogP contribution in [0, 0.1) is 20.2 Å². The third-order valence-corrected chi connectivity index (χ3v) is 5.05. The standard InChI is InChI=1S/C20H19N3O9/c1-31-17-9-14(19(24)21-8-2-3-15(21)20(25)26)16(23(29)30)10-18(17)32-11-12-4-6-13(7-5-12)22(27)28/h4-7,9-10,15H,2-3,8,11H2,1H3,(H,25,26). The van der Waals surface area contributed by atoms with Crippen LogP contribution < -0.4 is 9.47 Å². The summed E-state index contributed by atoms with van der Waals surface area (Å²) in [5, 5.41) is 31.7. The summed E-state index contributed by atoms with van der Waals surface area (Å²) in [7, 11) is 1.30. The minimum Gasteiger partial charge on any atom is -0.493 e. The number of hydrogen-bond acceptors (Lipinski definition) is 8. The van der Waals surface area contributed by atoms with Gasteiger partial charge in [0.1, 0.15) is 18.2 Å². The number of benzene rings is 2. The van der Waals surface area contributed by atoms with Crippen LogP contribution in [0.25, 0.3) is 0 Å². The molecule has 1 unspecified atom stereocenters. The molecule has 12 nitrogen and oxygen atoms in total. The number of nitro groups is 2. The Morgan fingerprint density at radius 3 is 2.38 bits per heavy atom. The van der Waals surface area contributed by atoms with Crippen molar-refractivity contribution in [3.8, 4) is 11.5 Å². The highest BCUT2D eigenvalue weighted by molar-refractivity contribution is 6.01. The van der Waals surface area contributed by atoms with Crippen LogP contribution in [-0.4, -0.2) is 51.4 Å². The van der Waals surface area contributed by atoms with E-state index in [4.69, 9.17) is 9.47 Å². The van der Waals surface area contributed by atoms with Gasteiger partial charge in [-0.15, -0.1) is 0 Å². The SMILES string of the molecule is COc1cc(C(=O)N2CCCC2C(=O)O)c([N+](=O)[O-])cc1OCc1ccc([N+](=O)[O-])cc1. The number of aliphatic carboxylic acids is 1. The lowest BCUT2D eigenvalue weighted by atomic mass is 10.1. The first-order valence-corrected chi connectivity index (χ1v) is 9.49. The minimum absolute atomic E-state index is 0.00897. The Hall–Kier alpha value is -4.22. The van der Waals surface area contributed by atoms with Crippen molar-refractivity contribution in [2.45, 2.75) is 25.5 Å². The number of rotatable bonds is 8. The summed E-state index contributed by atoms with van der Waals surface area (Å²) in [6.07, 6.45) is 0.743. The number of carbonyl (C=O) groups excluding carboxylic acids is 1. The second-order valence-electron chi connectivity index (χ2n) is 6.98. The van der Waals surface area contributed by atoms with Gasteiger partial charge < -0.3 is 19.5 Å². The maximum absolute atomic E-state index is 12.9. The largest absolute Gasteiger partial charge is 0.493 e. The first-order chi connectivity index (χ1) is 15.2. The molecule has 2 aromatic carbocycles. The minimum atomic E-state index is -1.17. The zero-order valence-electron chi connectivity index (χ0n) is 16.9. The van der Waals surface area contributed by atoms with Crippen molar-refractivity contribution in [1.82, 2.24) is 4.90 Å². The molecule has 1 aliphatic heterocycles. The molecular weight excluding hydrogens is 426 g/mol. The maximum atomic E-state index is 12.9. The summed E-state index contributed by atoms with van der Waals surface area (Å²) in [6.45, 7) is 0.111. The van der Waals surface area contributed by atoms with E-state index in [1.807, 2.05) is 0 Å². The molecule has 0 aromatic heterocycles. The topological polar surface area (TPSA) is 162 Å². The van der Waals surface area contributed by atoms with E-state index in [2.05, 4.69) is 0 Å². The summed E-state index contributed by atoms with van der Waals surface area (Å²) in [6, 6.07) is 6.72. The molecule has 0 aliphatic carbocycles. The molecule has 0 spiro atoms. The second-order valence-corrected chi connectivity index (χ2v) is 6.98. The van der Waals surface area contributed by atoms with Gasteiger partial charge in [-0.25, -0.2) is 4.79 Å². The molecule has 1 saturated heterocycles. The molecule has 168 valence electrons. The molecule has 1 amide bonds. The van der Waals surface area contributed by atoms with Crippen molar-refractivity contribution >= 4 is 23.3 Å². The van der Waals surface area contributed by atoms with Gasteiger partial charge >= 0.3 is 5.97 Å². The van der Waals surface area contributed by atoms with Gasteiger partial charge in [-0.3, -0.25) is 25.0 Å². The Bertz CT molecular complexity index is 1070. The molecule has 1 atom stereocenters. The van der Waals surface area contributed by atoms with Gasteiger partial charge in [0, 0.05) is 24.7 Å². The normalized spacial score (nSPS) is 15.3. The molecule has 1 aliphatic rings. The van der Waals surface area contributed by atoms with Crippen LogP contribution in [0.4, 0.5) is 11.4 Å². The number of nitrogens with zero attached hydrogens (tertiary/aromatic N) is 3. The van der Waals surface area contributed by atoms with E-state index in [0.717, 1.165) is 17.0 Å². The van der Waals surface area contributed by atoms with Gasteiger partial charge in [-0.2, -0.15) is 0 Å². The lowest BCUT2D eigenvalue weighted by molar-refractivity contribution is -0.385. The number of carbonyl (C=O) groups is 2. The van der Waals surface area contributed by atoms with Gasteiger partial charge in [-0.05, 0) is 30.5 Å². The number of methoxy groups -OCH3 is 1. The van der Waals surface area contributed by atoms with Crippen molar-refractivity contribution in [3.63, 3.8) is 0 Å². The number of carboxylic acid groups (broad SMARTS) is 1. The quantitative estimate of drug-likeness (QED) is 0.475. The molecule has 2 aromatic rings. The van der Waals surface area contributed by atoms with E-state index >= 15 is 0 Å². The highest BCUT2D eigenvalue weighted by Crippen LogP contribution is 2.37. The summed E-state index contributed by atoms with van der Waals surface area (Å²) < 4.78 is 10.8. The third kappa shape index (κ3) is 4.58. The lowest BCUT2D eigenvalue weighted by Gasteiger charge is -2.22. The zero-order chi connectivity index (χ0) is 23.4. The van der Waals surface area contributed by atoms with Crippen LogP contribution in [0.1, 0.15) is 28.8 Å². The molecule has 0 radical (unpaired) electrons. The number of hydrogen-bond donors (Lipinski definition) is 1. The predicted molar refractivity (Wildman–Crippen MR) is 109 cm³/mol. The van der Waals surface area contributed by atoms with E-state index in [1.54, 1.807) is 0 Å². The lowest BCUT2D eigenvalue weighted by Crippen LogP contribution is -2.40. The van der Waals surface area contributed by atoms with Crippen LogP contribution in [-0.2, 0) is 11.4 Å². The number of amides is 1. The molecule has 3 rings (SSSR count). The fourth-order valence-corrected chi connectivity index (χ4v) is 3.44. The highest BCUT2D eigenvalue weighted by atomic mass is 16.6. The van der Waals surface area contributed by atoms with E-state index in [1.165, 1.54) is 31.4 Å². The molecule has 1 N–H and O–H groups in total. The number of likely N-dealkylation sites (tertiary alicyclic amines) is 1. The summed E-state index contributed by atoms with van der Waals surface area (Å²) in [5.41, 5.74) is -0.374. The monoisotopic (exact) mass is 445 g/mol. The second kappa shape index (κ2) is 9.29. The molecular formula is C20H19N3O9. The van der Waals surface area contributed by atoms with E-state index in [-0.39, 0.29) is 42.3 Å². The first-order valence-electron chi connectivity index (χ1n) is 9.49. The van der Waals surface area contributed by atoms with Crippen molar-refractivity contribution in [3.05, 3.63) is 67.8 Å². The fourth-order valence-electron chi connectivity index (χ4n) is 3.44. The van der Waals surface area contributed by atoms with E-state index in [0.29, 0.717) is 12.0 Å². The van der Waals surface area contributed by atoms with Crippen LogP contribution in [0.2, 0.25) is 0 Å². The van der Waals surface area contributed by atoms with Gasteiger partial charge in [0.15, 0.2) is 11.5 Å². The fraction of sp³-hybridized carbons (Fsp3) is 0.300. The molecule has 1 fully saturated rings. The predicted octanol–water partition coefficient (Wildman–Crippen LogP) is 2.78. The van der Waals surface area contributed by atoms with E-state index < -0.39 is 33.5 Å². The molecule has 0 saturated carbocycles. The Morgan fingerprint density at radius 2 is 1.81 bits per heavy atom. The molecule has 0 bridgehead atoms. The van der Waals surface area contributed by atoms with E-state index in [9.17, 15) is 34.9 Å². The van der Waals surface area contributed by atoms with Crippen LogP contribution in [0.3, 0.4) is 0 Å². The Kier molecular flexibility index (Phi) is 6.52. The number of nitro benzene ring substituents is 2. The molecule has 12 heteroatoms. The van der Waals surface area contributed by atoms with Crippen LogP contribution >= 0.6 is 0 Å².